The summed E-state index contributed by atoms with van der Waals surface area (Å²) in [6, 6.07) is -0.833. The first-order valence-corrected chi connectivity index (χ1v) is 1.88. The van der Waals surface area contributed by atoms with Crippen LogP contribution in [0.2, 0.25) is 0 Å². The molecule has 0 aliphatic rings. The Labute approximate surface area is 114 Å². The molecule has 0 aliphatic carbocycles. The van der Waals surface area contributed by atoms with Crippen molar-refractivity contribution < 1.29 is 64.6 Å². The van der Waals surface area contributed by atoms with E-state index in [4.69, 9.17) is 35.4 Å². The van der Waals surface area contributed by atoms with Gasteiger partial charge in [0, 0.05) is 0 Å². The average Bonchev–Trinajstić information content (AvgIpc) is 1.54. The van der Waals surface area contributed by atoms with Gasteiger partial charge in [-0.05, 0) is 0 Å². The van der Waals surface area contributed by atoms with Crippen LogP contribution in [-0.2, 0) is 16.8 Å². The summed E-state index contributed by atoms with van der Waals surface area (Å²) in [6.45, 7) is 0. The number of nitrogens with zero attached hydrogens (tertiary/aromatic N) is 2. The van der Waals surface area contributed by atoms with Gasteiger partial charge in [0.2, 0.25) is 0 Å². The molecule has 17 nitrogen and oxygen atoms in total. The molecular weight excluding hydrogens is 335 g/mol. The van der Waals surface area contributed by atoms with Gasteiger partial charge in [-0.2, -0.15) is 0 Å². The van der Waals surface area contributed by atoms with Gasteiger partial charge in [-0.3, -0.25) is 0 Å². The summed E-state index contributed by atoms with van der Waals surface area (Å²) in [6.07, 6.45) is 0. The van der Waals surface area contributed by atoms with Gasteiger partial charge < -0.3 is 75.0 Å². The molecule has 0 spiro atoms. The Hall–Kier alpha value is -2.06. The zero-order valence-corrected chi connectivity index (χ0v) is 9.78. The van der Waals surface area contributed by atoms with Gasteiger partial charge in [-0.15, -0.1) is 0 Å². The molecule has 0 aromatic carbocycles. The molecule has 19 heavy (non-hydrogen) atoms. The SMILES string of the molecule is NC(N)=O.O.O.O.O.O.O.O=[N+]([O-])[O-].O=[N+]([O-])[O-].[Co+2]. The average molecular weight is 351 g/mol. The van der Waals surface area contributed by atoms with E-state index in [1.54, 1.807) is 0 Å². The van der Waals surface area contributed by atoms with Crippen LogP contribution in [0.5, 0.6) is 0 Å². The molecular formula is CH16CoN4O13. The predicted molar refractivity (Wildman–Crippen MR) is 56.2 cm³/mol. The number of hydrogen-bond acceptors (Lipinski definition) is 7. The van der Waals surface area contributed by atoms with E-state index in [1.807, 2.05) is 0 Å². The maximum atomic E-state index is 9.00. The first-order valence-electron chi connectivity index (χ1n) is 1.88. The van der Waals surface area contributed by atoms with Crippen LogP contribution in [0.25, 0.3) is 0 Å². The summed E-state index contributed by atoms with van der Waals surface area (Å²) in [5.74, 6) is 0. The number of amides is 2. The Morgan fingerprint density at radius 2 is 0.684 bits per heavy atom. The van der Waals surface area contributed by atoms with Gasteiger partial charge in [0.05, 0.1) is 10.2 Å². The van der Waals surface area contributed by atoms with Crippen LogP contribution in [0.3, 0.4) is 0 Å². The molecule has 0 atom stereocenters. The molecule has 0 fully saturated rings. The topological polar surface area (TPSA) is 391 Å². The third-order valence-electron chi connectivity index (χ3n) is 0. The number of rotatable bonds is 0. The Bertz CT molecular complexity index is 122. The van der Waals surface area contributed by atoms with E-state index in [-0.39, 0.29) is 49.6 Å². The second kappa shape index (κ2) is 73.9. The summed E-state index contributed by atoms with van der Waals surface area (Å²) >= 11 is 0. The Morgan fingerprint density at radius 3 is 0.684 bits per heavy atom. The zero-order chi connectivity index (χ0) is 10.7. The van der Waals surface area contributed by atoms with E-state index < -0.39 is 16.2 Å². The first-order chi connectivity index (χ1) is 5.20. The van der Waals surface area contributed by atoms with Crippen molar-refractivity contribution in [2.75, 3.05) is 0 Å². The van der Waals surface area contributed by atoms with E-state index in [0.29, 0.717) is 0 Å². The Balaban J connectivity index is -0.00000000675. The molecule has 18 heteroatoms. The van der Waals surface area contributed by atoms with Crippen molar-refractivity contribution in [3.8, 4) is 0 Å². The molecule has 0 rings (SSSR count). The van der Waals surface area contributed by atoms with Crippen LogP contribution in [0, 0.1) is 30.6 Å². The molecule has 0 aromatic heterocycles. The molecule has 0 bridgehead atoms. The number of hydrogen-bond donors (Lipinski definition) is 2. The fourth-order valence-corrected chi connectivity index (χ4v) is 0. The standard InChI is InChI=1S/CH4N2O.Co.2NO3.6H2O/c2-1(3)4;;2*2-1(3)4;;;;;;/h(H4,2,3,4);;;;6*1H2/q;+2;2*-1;;;;;;. The molecule has 1 radical (unpaired) electrons. The molecule has 0 saturated heterocycles. The van der Waals surface area contributed by atoms with Crippen molar-refractivity contribution in [3.63, 3.8) is 0 Å². The van der Waals surface area contributed by atoms with Crippen molar-refractivity contribution >= 4 is 6.03 Å². The second-order valence-electron chi connectivity index (χ2n) is 0.850. The van der Waals surface area contributed by atoms with E-state index in [1.165, 1.54) is 0 Å². The minimum atomic E-state index is -1.75. The Morgan fingerprint density at radius 1 is 0.684 bits per heavy atom. The molecule has 0 aromatic rings. The van der Waals surface area contributed by atoms with Crippen LogP contribution in [0.15, 0.2) is 0 Å². The summed E-state index contributed by atoms with van der Waals surface area (Å²) < 4.78 is 0. The van der Waals surface area contributed by atoms with Crippen LogP contribution >= 0.6 is 0 Å². The maximum Gasteiger partial charge on any atom is 2.00 e. The molecule has 0 saturated carbocycles. The van der Waals surface area contributed by atoms with Gasteiger partial charge in [-0.1, -0.05) is 0 Å². The third-order valence-corrected chi connectivity index (χ3v) is 0. The third kappa shape index (κ3) is 727. The smallest absolute Gasteiger partial charge is 0.412 e. The fraction of sp³-hybridized carbons (Fsp3) is 0. The van der Waals surface area contributed by atoms with Gasteiger partial charge in [0.1, 0.15) is 0 Å². The minimum absolute atomic E-state index is 0. The van der Waals surface area contributed by atoms with Crippen molar-refractivity contribution in [2.24, 2.45) is 11.5 Å². The minimum Gasteiger partial charge on any atom is -0.412 e. The van der Waals surface area contributed by atoms with Crippen molar-refractivity contribution in [2.45, 2.75) is 0 Å². The molecule has 0 unspecified atom stereocenters. The largest absolute Gasteiger partial charge is 2.00 e. The van der Waals surface area contributed by atoms with Crippen molar-refractivity contribution in [1.82, 2.24) is 0 Å². The first kappa shape index (κ1) is 89.4. The molecule has 2 amide bonds. The normalized spacial score (nSPS) is 3.79. The number of nitrogens with two attached hydrogens (primary N) is 2. The Kier molecular flexibility index (Phi) is 348. The van der Waals surface area contributed by atoms with Crippen molar-refractivity contribution in [3.05, 3.63) is 30.6 Å². The van der Waals surface area contributed by atoms with E-state index >= 15 is 0 Å². The summed E-state index contributed by atoms with van der Waals surface area (Å²) in [5.41, 5.74) is 8.50. The molecule has 0 heterocycles. The van der Waals surface area contributed by atoms with Crippen LogP contribution < -0.4 is 11.5 Å². The molecule has 0 aliphatic heterocycles. The number of carbonyl (C=O) groups excluding carboxylic acids is 1. The van der Waals surface area contributed by atoms with E-state index in [0.717, 1.165) is 0 Å². The van der Waals surface area contributed by atoms with Gasteiger partial charge in [-0.25, -0.2) is 4.79 Å². The zero-order valence-electron chi connectivity index (χ0n) is 8.74. The number of urea groups is 1. The quantitative estimate of drug-likeness (QED) is 0.313. The summed E-state index contributed by atoms with van der Waals surface area (Å²) in [5, 5.41) is 29.5. The van der Waals surface area contributed by atoms with Crippen LogP contribution in [-0.4, -0.2) is 49.1 Å². The summed E-state index contributed by atoms with van der Waals surface area (Å²) in [7, 11) is 0. The van der Waals surface area contributed by atoms with Gasteiger partial charge >= 0.3 is 22.8 Å². The molecule has 127 valence electrons. The van der Waals surface area contributed by atoms with Gasteiger partial charge in [0.15, 0.2) is 0 Å². The number of primary amides is 2. The predicted octanol–water partition coefficient (Wildman–Crippen LogP) is -6.41. The summed E-state index contributed by atoms with van der Waals surface area (Å²) in [4.78, 5) is 25.5. The molecule has 16 N–H and O–H groups in total. The van der Waals surface area contributed by atoms with Gasteiger partial charge in [0.25, 0.3) is 0 Å². The van der Waals surface area contributed by atoms with Crippen molar-refractivity contribution in [1.29, 1.82) is 0 Å². The maximum absolute atomic E-state index is 9.00. The van der Waals surface area contributed by atoms with E-state index in [9.17, 15) is 0 Å². The van der Waals surface area contributed by atoms with Crippen LogP contribution in [0.1, 0.15) is 0 Å². The second-order valence-corrected chi connectivity index (χ2v) is 0.850. The van der Waals surface area contributed by atoms with E-state index in [2.05, 4.69) is 11.5 Å². The monoisotopic (exact) mass is 351 g/mol. The number of carbonyl (C=O) groups is 1. The van der Waals surface area contributed by atoms with Crippen LogP contribution in [0.4, 0.5) is 4.79 Å². The fourth-order valence-electron chi connectivity index (χ4n) is 0.